The maximum atomic E-state index is 6.39. The van der Waals surface area contributed by atoms with Crippen LogP contribution in [0.4, 0.5) is 0 Å². The van der Waals surface area contributed by atoms with Crippen molar-refractivity contribution in [2.45, 2.75) is 0 Å². The Kier molecular flexibility index (Phi) is 5.53. The molecule has 5 aromatic carbocycles. The normalized spacial score (nSPS) is 11.0. The zero-order chi connectivity index (χ0) is 23.6. The molecule has 6 rings (SSSR count). The Morgan fingerprint density at radius 2 is 0.886 bits per heavy atom. The smallest absolute Gasteiger partial charge is 0.208 e. The first-order valence-electron chi connectivity index (χ1n) is 11.4. The van der Waals surface area contributed by atoms with Crippen molar-refractivity contribution >= 4 is 22.4 Å². The van der Waals surface area contributed by atoms with Gasteiger partial charge in [-0.1, -0.05) is 121 Å². The number of rotatable bonds is 4. The van der Waals surface area contributed by atoms with Gasteiger partial charge in [0.2, 0.25) is 5.28 Å². The second kappa shape index (κ2) is 9.13. The quantitative estimate of drug-likeness (QED) is 0.260. The fraction of sp³-hybridized carbons (Fsp3) is 0. The summed E-state index contributed by atoms with van der Waals surface area (Å²) in [7, 11) is 0. The monoisotopic (exact) mass is 469 g/mol. The van der Waals surface area contributed by atoms with Crippen LogP contribution in [0.25, 0.3) is 55.8 Å². The van der Waals surface area contributed by atoms with Gasteiger partial charge in [-0.15, -0.1) is 0 Å². The van der Waals surface area contributed by atoms with E-state index < -0.39 is 0 Å². The van der Waals surface area contributed by atoms with Gasteiger partial charge in [-0.3, -0.25) is 0 Å². The van der Waals surface area contributed by atoms with E-state index in [1.807, 2.05) is 48.5 Å². The van der Waals surface area contributed by atoms with Gasteiger partial charge in [0, 0.05) is 11.1 Å². The second-order valence-corrected chi connectivity index (χ2v) is 8.61. The molecule has 1 aromatic heterocycles. The van der Waals surface area contributed by atoms with Crippen molar-refractivity contribution in [1.29, 1.82) is 0 Å². The van der Waals surface area contributed by atoms with Gasteiger partial charge in [-0.25, -0.2) is 4.98 Å². The predicted molar refractivity (Wildman–Crippen MR) is 144 cm³/mol. The van der Waals surface area contributed by atoms with Gasteiger partial charge < -0.3 is 0 Å². The third kappa shape index (κ3) is 4.18. The summed E-state index contributed by atoms with van der Waals surface area (Å²) >= 11 is 6.39. The molecule has 0 fully saturated rings. The maximum Gasteiger partial charge on any atom is 0.226 e. The lowest BCUT2D eigenvalue weighted by atomic mass is 9.95. The Hall–Kier alpha value is -4.34. The molecule has 0 radical (unpaired) electrons. The molecule has 0 aliphatic rings. The van der Waals surface area contributed by atoms with Crippen molar-refractivity contribution in [2.24, 2.45) is 0 Å². The highest BCUT2D eigenvalue weighted by molar-refractivity contribution is 6.28. The number of aromatic nitrogens is 3. The van der Waals surface area contributed by atoms with Crippen molar-refractivity contribution in [3.63, 3.8) is 0 Å². The summed E-state index contributed by atoms with van der Waals surface area (Å²) in [6.07, 6.45) is 0. The first-order chi connectivity index (χ1) is 17.3. The lowest BCUT2D eigenvalue weighted by Crippen LogP contribution is -1.98. The van der Waals surface area contributed by atoms with Crippen LogP contribution in [0.5, 0.6) is 0 Å². The molecule has 0 saturated carbocycles. The molecule has 0 spiro atoms. The second-order valence-electron chi connectivity index (χ2n) is 8.27. The third-order valence-electron chi connectivity index (χ3n) is 6.11. The van der Waals surface area contributed by atoms with Gasteiger partial charge in [-0.05, 0) is 44.6 Å². The van der Waals surface area contributed by atoms with Gasteiger partial charge in [0.25, 0.3) is 0 Å². The highest BCUT2D eigenvalue weighted by atomic mass is 35.5. The zero-order valence-corrected chi connectivity index (χ0v) is 19.5. The molecular weight excluding hydrogens is 450 g/mol. The molecule has 166 valence electrons. The van der Waals surface area contributed by atoms with Crippen LogP contribution < -0.4 is 0 Å². The summed E-state index contributed by atoms with van der Waals surface area (Å²) in [5, 5.41) is 2.39. The molecule has 1 heterocycles. The number of fused-ring (bicyclic) bond motifs is 1. The van der Waals surface area contributed by atoms with E-state index in [1.165, 1.54) is 16.7 Å². The molecule has 0 unspecified atom stereocenters. The van der Waals surface area contributed by atoms with Crippen molar-refractivity contribution in [3.05, 3.63) is 127 Å². The van der Waals surface area contributed by atoms with Crippen molar-refractivity contribution in [3.8, 4) is 45.0 Å². The van der Waals surface area contributed by atoms with E-state index in [0.717, 1.165) is 27.5 Å². The van der Waals surface area contributed by atoms with Crippen LogP contribution in [-0.4, -0.2) is 15.0 Å². The Labute approximate surface area is 208 Å². The van der Waals surface area contributed by atoms with Gasteiger partial charge >= 0.3 is 0 Å². The Morgan fingerprint density at radius 1 is 0.371 bits per heavy atom. The number of nitrogens with zero attached hydrogens (tertiary/aromatic N) is 3. The van der Waals surface area contributed by atoms with E-state index in [9.17, 15) is 0 Å². The molecule has 0 N–H and O–H groups in total. The van der Waals surface area contributed by atoms with Gasteiger partial charge in [0.1, 0.15) is 0 Å². The van der Waals surface area contributed by atoms with Crippen LogP contribution in [0, 0.1) is 0 Å². The van der Waals surface area contributed by atoms with Crippen molar-refractivity contribution in [1.82, 2.24) is 15.0 Å². The molecule has 0 aliphatic heterocycles. The topological polar surface area (TPSA) is 38.7 Å². The lowest BCUT2D eigenvalue weighted by Gasteiger charge is -2.11. The molecule has 6 aromatic rings. The molecule has 4 heteroatoms. The summed E-state index contributed by atoms with van der Waals surface area (Å²) in [6, 6.07) is 41.4. The largest absolute Gasteiger partial charge is 0.226 e. The van der Waals surface area contributed by atoms with E-state index in [-0.39, 0.29) is 5.28 Å². The average Bonchev–Trinajstić information content (AvgIpc) is 2.93. The predicted octanol–water partition coefficient (Wildman–Crippen LogP) is 8.35. The molecule has 3 nitrogen and oxygen atoms in total. The maximum absolute atomic E-state index is 6.39. The van der Waals surface area contributed by atoms with Crippen LogP contribution in [0.1, 0.15) is 0 Å². The molecule has 0 bridgehead atoms. The fourth-order valence-corrected chi connectivity index (χ4v) is 4.58. The fourth-order valence-electron chi connectivity index (χ4n) is 4.42. The summed E-state index contributed by atoms with van der Waals surface area (Å²) in [4.78, 5) is 13.7. The summed E-state index contributed by atoms with van der Waals surface area (Å²) in [6.45, 7) is 0. The summed E-state index contributed by atoms with van der Waals surface area (Å²) in [5.74, 6) is 1.11. The minimum absolute atomic E-state index is 0.174. The Morgan fingerprint density at radius 3 is 1.57 bits per heavy atom. The lowest BCUT2D eigenvalue weighted by molar-refractivity contribution is 1.07. The van der Waals surface area contributed by atoms with E-state index in [0.29, 0.717) is 11.6 Å². The van der Waals surface area contributed by atoms with Crippen LogP contribution >= 0.6 is 11.6 Å². The van der Waals surface area contributed by atoms with Crippen molar-refractivity contribution in [2.75, 3.05) is 0 Å². The van der Waals surface area contributed by atoms with Gasteiger partial charge in [0.15, 0.2) is 11.6 Å². The minimum atomic E-state index is 0.174. The first-order valence-corrected chi connectivity index (χ1v) is 11.8. The summed E-state index contributed by atoms with van der Waals surface area (Å²) in [5.41, 5.74) is 6.45. The average molecular weight is 470 g/mol. The molecule has 0 aliphatic carbocycles. The minimum Gasteiger partial charge on any atom is -0.208 e. The van der Waals surface area contributed by atoms with Gasteiger partial charge in [-0.2, -0.15) is 9.97 Å². The third-order valence-corrected chi connectivity index (χ3v) is 6.28. The number of hydrogen-bond donors (Lipinski definition) is 0. The first kappa shape index (κ1) is 21.2. The van der Waals surface area contributed by atoms with E-state index in [2.05, 4.69) is 82.8 Å². The highest BCUT2D eigenvalue weighted by Gasteiger charge is 2.14. The molecule has 0 amide bonds. The molecular formula is C31H20ClN3. The standard InChI is InChI=1S/C31H20ClN3/c32-31-34-29(24-19-17-22(18-20-24)21-9-3-1-4-10-21)33-30(35-31)28-16-8-14-26-25(13-7-15-27(26)28)23-11-5-2-6-12-23/h1-20H. The summed E-state index contributed by atoms with van der Waals surface area (Å²) < 4.78 is 0. The van der Waals surface area contributed by atoms with Crippen molar-refractivity contribution < 1.29 is 0 Å². The van der Waals surface area contributed by atoms with E-state index >= 15 is 0 Å². The SMILES string of the molecule is Clc1nc(-c2ccc(-c3ccccc3)cc2)nc(-c2cccc3c(-c4ccccc4)cccc23)n1. The molecule has 35 heavy (non-hydrogen) atoms. The highest BCUT2D eigenvalue weighted by Crippen LogP contribution is 2.34. The van der Waals surface area contributed by atoms with Crippen LogP contribution in [0.2, 0.25) is 5.28 Å². The molecule has 0 saturated heterocycles. The van der Waals surface area contributed by atoms with Crippen LogP contribution in [-0.2, 0) is 0 Å². The number of halogens is 1. The van der Waals surface area contributed by atoms with Crippen LogP contribution in [0.15, 0.2) is 121 Å². The van der Waals surface area contributed by atoms with Crippen LogP contribution in [0.3, 0.4) is 0 Å². The number of hydrogen-bond acceptors (Lipinski definition) is 3. The van der Waals surface area contributed by atoms with E-state index in [4.69, 9.17) is 16.6 Å². The number of benzene rings is 5. The molecule has 0 atom stereocenters. The van der Waals surface area contributed by atoms with Gasteiger partial charge in [0.05, 0.1) is 0 Å². The Bertz CT molecular complexity index is 1630. The Balaban J connectivity index is 1.44. The van der Waals surface area contributed by atoms with E-state index in [1.54, 1.807) is 0 Å². The zero-order valence-electron chi connectivity index (χ0n) is 18.8.